The second-order valence-corrected chi connectivity index (χ2v) is 9.19. The average molecular weight is 473 g/mol. The van der Waals surface area contributed by atoms with E-state index in [2.05, 4.69) is 0 Å². The number of amides is 1. The summed E-state index contributed by atoms with van der Waals surface area (Å²) in [5, 5.41) is 8.97. The molecule has 1 unspecified atom stereocenters. The predicted molar refractivity (Wildman–Crippen MR) is 127 cm³/mol. The third-order valence-electron chi connectivity index (χ3n) is 4.95. The van der Waals surface area contributed by atoms with Gasteiger partial charge in [0, 0.05) is 11.3 Å². The van der Waals surface area contributed by atoms with Gasteiger partial charge in [-0.3, -0.25) is 4.79 Å². The smallest absolute Gasteiger partial charge is 0.253 e. The Labute approximate surface area is 194 Å². The largest absolute Gasteiger partial charge is 0.493 e. The standard InChI is InChI=1S/C23H21ClN2O3S2/c1-28-19-10-9-15(12-20(19)29-2)18-13-17(22-8-5-11-30-22)25-26(18)23(27)14-31-21-7-4-3-6-16(21)24/h3-12,18H,13-14H2,1-2H3. The van der Waals surface area contributed by atoms with Gasteiger partial charge in [0.25, 0.3) is 5.91 Å². The molecule has 0 N–H and O–H groups in total. The van der Waals surface area contributed by atoms with Crippen LogP contribution in [-0.4, -0.2) is 36.6 Å². The summed E-state index contributed by atoms with van der Waals surface area (Å²) in [5.74, 6) is 1.45. The van der Waals surface area contributed by atoms with E-state index in [0.717, 1.165) is 21.0 Å². The Bertz CT molecular complexity index is 1100. The zero-order valence-electron chi connectivity index (χ0n) is 17.1. The summed E-state index contributed by atoms with van der Waals surface area (Å²) in [5.41, 5.74) is 1.86. The first-order chi connectivity index (χ1) is 15.1. The fourth-order valence-electron chi connectivity index (χ4n) is 3.42. The van der Waals surface area contributed by atoms with Crippen molar-refractivity contribution in [1.82, 2.24) is 5.01 Å². The normalized spacial score (nSPS) is 15.6. The highest BCUT2D eigenvalue weighted by molar-refractivity contribution is 8.00. The van der Waals surface area contributed by atoms with Gasteiger partial charge < -0.3 is 9.47 Å². The van der Waals surface area contributed by atoms with Crippen molar-refractivity contribution in [2.45, 2.75) is 17.4 Å². The maximum Gasteiger partial charge on any atom is 0.253 e. The maximum atomic E-state index is 13.2. The number of nitrogens with zero attached hydrogens (tertiary/aromatic N) is 2. The number of carbonyl (C=O) groups excluding carboxylic acids is 1. The molecule has 0 aliphatic carbocycles. The monoisotopic (exact) mass is 472 g/mol. The lowest BCUT2D eigenvalue weighted by Crippen LogP contribution is -2.28. The van der Waals surface area contributed by atoms with Crippen molar-refractivity contribution < 1.29 is 14.3 Å². The van der Waals surface area contributed by atoms with Crippen LogP contribution in [0.4, 0.5) is 0 Å². The highest BCUT2D eigenvalue weighted by atomic mass is 35.5. The first kappa shape index (κ1) is 21.7. The molecule has 0 saturated heterocycles. The summed E-state index contributed by atoms with van der Waals surface area (Å²) >= 11 is 9.29. The van der Waals surface area contributed by atoms with Crippen molar-refractivity contribution in [3.8, 4) is 11.5 Å². The molecule has 0 saturated carbocycles. The molecule has 2 heterocycles. The minimum absolute atomic E-state index is 0.0729. The Balaban J connectivity index is 1.61. The molecule has 1 aliphatic heterocycles. The van der Waals surface area contributed by atoms with Gasteiger partial charge in [-0.15, -0.1) is 23.1 Å². The Morgan fingerprint density at radius 1 is 1.16 bits per heavy atom. The first-order valence-corrected chi connectivity index (χ1v) is 11.9. The summed E-state index contributed by atoms with van der Waals surface area (Å²) in [6, 6.07) is 17.1. The minimum atomic E-state index is -0.212. The summed E-state index contributed by atoms with van der Waals surface area (Å²) < 4.78 is 10.8. The van der Waals surface area contributed by atoms with E-state index in [-0.39, 0.29) is 17.7 Å². The third kappa shape index (κ3) is 4.74. The molecule has 5 nitrogen and oxygen atoms in total. The molecule has 1 aromatic heterocycles. The van der Waals surface area contributed by atoms with E-state index in [1.807, 2.05) is 60.0 Å². The number of hydrogen-bond acceptors (Lipinski definition) is 6. The van der Waals surface area contributed by atoms with Crippen LogP contribution in [0.1, 0.15) is 22.9 Å². The van der Waals surface area contributed by atoms with Gasteiger partial charge in [-0.2, -0.15) is 5.10 Å². The Morgan fingerprint density at radius 3 is 2.68 bits per heavy atom. The molecule has 2 aromatic carbocycles. The number of hydrogen-bond donors (Lipinski definition) is 0. The van der Waals surface area contributed by atoms with Gasteiger partial charge in [0.2, 0.25) is 0 Å². The molecule has 0 spiro atoms. The van der Waals surface area contributed by atoms with Crippen molar-refractivity contribution >= 4 is 46.3 Å². The van der Waals surface area contributed by atoms with Crippen molar-refractivity contribution in [2.24, 2.45) is 5.10 Å². The SMILES string of the molecule is COc1ccc(C2CC(c3cccs3)=NN2C(=O)CSc2ccccc2Cl)cc1OC. The Morgan fingerprint density at radius 2 is 1.97 bits per heavy atom. The number of methoxy groups -OCH3 is 2. The van der Waals surface area contributed by atoms with Crippen LogP contribution in [0.25, 0.3) is 0 Å². The summed E-state index contributed by atoms with van der Waals surface area (Å²) in [7, 11) is 3.21. The Hall–Kier alpha value is -2.48. The van der Waals surface area contributed by atoms with Gasteiger partial charge >= 0.3 is 0 Å². The van der Waals surface area contributed by atoms with Crippen LogP contribution >= 0.6 is 34.7 Å². The first-order valence-electron chi connectivity index (χ1n) is 9.63. The zero-order chi connectivity index (χ0) is 21.8. The number of ether oxygens (including phenoxy) is 2. The minimum Gasteiger partial charge on any atom is -0.493 e. The maximum absolute atomic E-state index is 13.2. The lowest BCUT2D eigenvalue weighted by atomic mass is 10.0. The zero-order valence-corrected chi connectivity index (χ0v) is 19.5. The Kier molecular flexibility index (Phi) is 6.85. The highest BCUT2D eigenvalue weighted by Crippen LogP contribution is 2.38. The van der Waals surface area contributed by atoms with E-state index < -0.39 is 0 Å². The van der Waals surface area contributed by atoms with Gasteiger partial charge in [-0.25, -0.2) is 5.01 Å². The predicted octanol–water partition coefficient (Wildman–Crippen LogP) is 5.89. The number of halogens is 1. The fraction of sp³-hybridized carbons (Fsp3) is 0.217. The molecule has 0 fully saturated rings. The van der Waals surface area contributed by atoms with Gasteiger partial charge in [0.05, 0.1) is 41.6 Å². The molecular weight excluding hydrogens is 452 g/mol. The quantitative estimate of drug-likeness (QED) is 0.402. The van der Waals surface area contributed by atoms with Crippen LogP contribution < -0.4 is 9.47 Å². The van der Waals surface area contributed by atoms with Crippen LogP contribution in [0.3, 0.4) is 0 Å². The second kappa shape index (κ2) is 9.77. The molecule has 31 heavy (non-hydrogen) atoms. The summed E-state index contributed by atoms with van der Waals surface area (Å²) in [6.07, 6.45) is 0.637. The number of rotatable bonds is 7. The molecule has 0 bridgehead atoms. The molecule has 4 rings (SSSR count). The van der Waals surface area contributed by atoms with Crippen molar-refractivity contribution in [1.29, 1.82) is 0 Å². The second-order valence-electron chi connectivity index (χ2n) is 6.82. The summed E-state index contributed by atoms with van der Waals surface area (Å²) in [4.78, 5) is 15.2. The van der Waals surface area contributed by atoms with Crippen molar-refractivity contribution in [2.75, 3.05) is 20.0 Å². The molecule has 1 aliphatic rings. The van der Waals surface area contributed by atoms with E-state index in [9.17, 15) is 4.79 Å². The van der Waals surface area contributed by atoms with E-state index >= 15 is 0 Å². The van der Waals surface area contributed by atoms with Crippen LogP contribution in [0, 0.1) is 0 Å². The molecule has 0 radical (unpaired) electrons. The van der Waals surface area contributed by atoms with E-state index in [0.29, 0.717) is 22.9 Å². The lowest BCUT2D eigenvalue weighted by molar-refractivity contribution is -0.130. The molecule has 1 amide bonds. The van der Waals surface area contributed by atoms with Crippen LogP contribution in [0.2, 0.25) is 5.02 Å². The summed E-state index contributed by atoms with van der Waals surface area (Å²) in [6.45, 7) is 0. The average Bonchev–Trinajstić information content (AvgIpc) is 3.48. The highest BCUT2D eigenvalue weighted by Gasteiger charge is 2.34. The molecular formula is C23H21ClN2O3S2. The van der Waals surface area contributed by atoms with E-state index in [1.54, 1.807) is 30.6 Å². The van der Waals surface area contributed by atoms with Gasteiger partial charge in [0.15, 0.2) is 11.5 Å². The van der Waals surface area contributed by atoms with Gasteiger partial charge in [-0.05, 0) is 41.3 Å². The molecule has 3 aromatic rings. The topological polar surface area (TPSA) is 51.1 Å². The fourth-order valence-corrected chi connectivity index (χ4v) is 5.23. The molecule has 8 heteroatoms. The van der Waals surface area contributed by atoms with Crippen LogP contribution in [0.5, 0.6) is 11.5 Å². The van der Waals surface area contributed by atoms with Gasteiger partial charge in [0.1, 0.15) is 0 Å². The third-order valence-corrected chi connectivity index (χ3v) is 7.37. The molecule has 160 valence electrons. The number of thiophene rings is 1. The van der Waals surface area contributed by atoms with Crippen molar-refractivity contribution in [3.05, 3.63) is 75.4 Å². The molecule has 1 atom stereocenters. The number of thioether (sulfide) groups is 1. The number of carbonyl (C=O) groups is 1. The van der Waals surface area contributed by atoms with E-state index in [4.69, 9.17) is 26.2 Å². The van der Waals surface area contributed by atoms with Crippen molar-refractivity contribution in [3.63, 3.8) is 0 Å². The lowest BCUT2D eigenvalue weighted by Gasteiger charge is -2.23. The van der Waals surface area contributed by atoms with E-state index in [1.165, 1.54) is 11.8 Å². The number of benzene rings is 2. The number of hydrazone groups is 1. The van der Waals surface area contributed by atoms with Gasteiger partial charge in [-0.1, -0.05) is 35.9 Å². The van der Waals surface area contributed by atoms with Crippen LogP contribution in [0.15, 0.2) is 70.0 Å². The van der Waals surface area contributed by atoms with Crippen LogP contribution in [-0.2, 0) is 4.79 Å².